The summed E-state index contributed by atoms with van der Waals surface area (Å²) >= 11 is 1.70. The Morgan fingerprint density at radius 2 is 2.25 bits per heavy atom. The fourth-order valence-electron chi connectivity index (χ4n) is 1.65. The van der Waals surface area contributed by atoms with Crippen molar-refractivity contribution in [3.05, 3.63) is 46.5 Å². The van der Waals surface area contributed by atoms with Crippen LogP contribution in [0.5, 0.6) is 0 Å². The third-order valence-corrected chi connectivity index (χ3v) is 3.25. The number of hydrogen-bond donors (Lipinski definition) is 1. The Balaban J connectivity index is 2.04. The van der Waals surface area contributed by atoms with Crippen molar-refractivity contribution in [2.24, 2.45) is 0 Å². The lowest BCUT2D eigenvalue weighted by molar-refractivity contribution is 0.834. The van der Waals surface area contributed by atoms with Crippen molar-refractivity contribution < 1.29 is 0 Å². The van der Waals surface area contributed by atoms with Crippen LogP contribution in [0.1, 0.15) is 10.7 Å². The molecule has 0 bridgehead atoms. The van der Waals surface area contributed by atoms with Crippen LogP contribution in [0, 0.1) is 0 Å². The Hall–Kier alpha value is -1.88. The summed E-state index contributed by atoms with van der Waals surface area (Å²) in [6, 6.07) is 7.92. The van der Waals surface area contributed by atoms with Gasteiger partial charge in [0.1, 0.15) is 5.52 Å². The van der Waals surface area contributed by atoms with Crippen LogP contribution in [0.2, 0.25) is 0 Å². The molecule has 16 heavy (non-hydrogen) atoms. The molecule has 0 spiro atoms. The second-order valence-electron chi connectivity index (χ2n) is 3.51. The summed E-state index contributed by atoms with van der Waals surface area (Å²) in [7, 11) is 0. The molecule has 0 fully saturated rings. The van der Waals surface area contributed by atoms with E-state index in [0.29, 0.717) is 5.82 Å². The van der Waals surface area contributed by atoms with Gasteiger partial charge in [-0.3, -0.25) is 0 Å². The molecule has 3 rings (SSSR count). The third kappa shape index (κ3) is 1.55. The first-order valence-corrected chi connectivity index (χ1v) is 5.83. The molecule has 5 heteroatoms. The van der Waals surface area contributed by atoms with Gasteiger partial charge in [-0.15, -0.1) is 11.3 Å². The number of thiophene rings is 1. The van der Waals surface area contributed by atoms with E-state index < -0.39 is 0 Å². The zero-order valence-electron chi connectivity index (χ0n) is 8.50. The van der Waals surface area contributed by atoms with Gasteiger partial charge < -0.3 is 5.73 Å². The molecule has 3 aromatic heterocycles. The first kappa shape index (κ1) is 9.35. The molecule has 0 aliphatic carbocycles. The molecule has 80 valence electrons. The summed E-state index contributed by atoms with van der Waals surface area (Å²) in [5.41, 5.74) is 6.72. The van der Waals surface area contributed by atoms with Crippen molar-refractivity contribution in [1.29, 1.82) is 0 Å². The standard InChI is InChI=1S/C11H10N4S/c12-11-9-4-1-5-15(9)14-10(13-11)7-8-3-2-6-16-8/h1-6H,7H2,(H2,12,13,14). The molecular formula is C11H10N4S. The minimum absolute atomic E-state index is 0.534. The van der Waals surface area contributed by atoms with E-state index >= 15 is 0 Å². The van der Waals surface area contributed by atoms with Crippen LogP contribution in [0.3, 0.4) is 0 Å². The first-order valence-electron chi connectivity index (χ1n) is 4.95. The summed E-state index contributed by atoms with van der Waals surface area (Å²) < 4.78 is 1.77. The normalized spacial score (nSPS) is 11.0. The largest absolute Gasteiger partial charge is 0.382 e. The Bertz CT molecular complexity index is 612. The molecule has 0 saturated carbocycles. The fourth-order valence-corrected chi connectivity index (χ4v) is 2.35. The number of fused-ring (bicyclic) bond motifs is 1. The molecule has 3 heterocycles. The third-order valence-electron chi connectivity index (χ3n) is 2.38. The molecule has 0 unspecified atom stereocenters. The van der Waals surface area contributed by atoms with Crippen molar-refractivity contribution in [2.45, 2.75) is 6.42 Å². The maximum absolute atomic E-state index is 5.86. The van der Waals surface area contributed by atoms with Crippen LogP contribution in [0.4, 0.5) is 5.82 Å². The van der Waals surface area contributed by atoms with Crippen LogP contribution in [-0.4, -0.2) is 14.6 Å². The molecule has 0 saturated heterocycles. The number of nitrogen functional groups attached to an aromatic ring is 1. The van der Waals surface area contributed by atoms with E-state index in [0.717, 1.165) is 17.8 Å². The Morgan fingerprint density at radius 3 is 3.06 bits per heavy atom. The topological polar surface area (TPSA) is 56.2 Å². The Morgan fingerprint density at radius 1 is 1.31 bits per heavy atom. The highest BCUT2D eigenvalue weighted by molar-refractivity contribution is 7.09. The van der Waals surface area contributed by atoms with Gasteiger partial charge in [0.25, 0.3) is 0 Å². The van der Waals surface area contributed by atoms with Gasteiger partial charge in [-0.1, -0.05) is 6.07 Å². The Kier molecular flexibility index (Phi) is 2.11. The minimum Gasteiger partial charge on any atom is -0.382 e. The Labute approximate surface area is 96.4 Å². The highest BCUT2D eigenvalue weighted by Gasteiger charge is 2.05. The van der Waals surface area contributed by atoms with E-state index in [1.165, 1.54) is 4.88 Å². The van der Waals surface area contributed by atoms with Gasteiger partial charge in [0.2, 0.25) is 0 Å². The highest BCUT2D eigenvalue weighted by atomic mass is 32.1. The molecular weight excluding hydrogens is 220 g/mol. The molecule has 0 aromatic carbocycles. The highest BCUT2D eigenvalue weighted by Crippen LogP contribution is 2.15. The van der Waals surface area contributed by atoms with E-state index in [2.05, 4.69) is 16.1 Å². The lowest BCUT2D eigenvalue weighted by Gasteiger charge is -2.02. The van der Waals surface area contributed by atoms with E-state index in [1.54, 1.807) is 15.9 Å². The van der Waals surface area contributed by atoms with Crippen LogP contribution in [0.15, 0.2) is 35.8 Å². The number of aromatic nitrogens is 3. The molecule has 0 amide bonds. The lowest BCUT2D eigenvalue weighted by atomic mass is 10.3. The summed E-state index contributed by atoms with van der Waals surface area (Å²) in [4.78, 5) is 5.54. The van der Waals surface area contributed by atoms with E-state index in [1.807, 2.05) is 29.8 Å². The van der Waals surface area contributed by atoms with Crippen molar-refractivity contribution in [1.82, 2.24) is 14.6 Å². The average Bonchev–Trinajstić information content (AvgIpc) is 2.87. The number of nitrogens with two attached hydrogens (primary N) is 1. The number of hydrogen-bond acceptors (Lipinski definition) is 4. The van der Waals surface area contributed by atoms with Crippen molar-refractivity contribution in [3.8, 4) is 0 Å². The van der Waals surface area contributed by atoms with E-state index in [9.17, 15) is 0 Å². The van der Waals surface area contributed by atoms with Crippen molar-refractivity contribution in [2.75, 3.05) is 5.73 Å². The fraction of sp³-hybridized carbons (Fsp3) is 0.0909. The number of rotatable bonds is 2. The molecule has 0 atom stereocenters. The van der Waals surface area contributed by atoms with Crippen LogP contribution in [-0.2, 0) is 6.42 Å². The molecule has 4 nitrogen and oxygen atoms in total. The maximum Gasteiger partial charge on any atom is 0.156 e. The van der Waals surface area contributed by atoms with Gasteiger partial charge in [-0.05, 0) is 23.6 Å². The molecule has 0 aliphatic heterocycles. The predicted molar refractivity (Wildman–Crippen MR) is 64.5 cm³/mol. The zero-order chi connectivity index (χ0) is 11.0. The number of anilines is 1. The summed E-state index contributed by atoms with van der Waals surface area (Å²) in [5.74, 6) is 1.29. The van der Waals surface area contributed by atoms with Gasteiger partial charge in [-0.25, -0.2) is 9.50 Å². The first-order chi connectivity index (χ1) is 7.83. The smallest absolute Gasteiger partial charge is 0.156 e. The summed E-state index contributed by atoms with van der Waals surface area (Å²) in [6.45, 7) is 0. The monoisotopic (exact) mass is 230 g/mol. The molecule has 3 aromatic rings. The van der Waals surface area contributed by atoms with Gasteiger partial charge in [0, 0.05) is 17.5 Å². The van der Waals surface area contributed by atoms with E-state index in [-0.39, 0.29) is 0 Å². The van der Waals surface area contributed by atoms with Crippen LogP contribution in [0.25, 0.3) is 5.52 Å². The SMILES string of the molecule is Nc1nc(Cc2cccs2)nn2cccc12. The maximum atomic E-state index is 5.86. The quantitative estimate of drug-likeness (QED) is 0.732. The second kappa shape index (κ2) is 3.61. The van der Waals surface area contributed by atoms with Gasteiger partial charge >= 0.3 is 0 Å². The number of nitrogens with zero attached hydrogens (tertiary/aromatic N) is 3. The van der Waals surface area contributed by atoms with Gasteiger partial charge in [-0.2, -0.15) is 5.10 Å². The van der Waals surface area contributed by atoms with Crippen LogP contribution < -0.4 is 5.73 Å². The minimum atomic E-state index is 0.534. The summed E-state index contributed by atoms with van der Waals surface area (Å²) in [5, 5.41) is 6.45. The lowest BCUT2D eigenvalue weighted by Crippen LogP contribution is -2.05. The van der Waals surface area contributed by atoms with E-state index in [4.69, 9.17) is 5.73 Å². The van der Waals surface area contributed by atoms with Crippen molar-refractivity contribution in [3.63, 3.8) is 0 Å². The van der Waals surface area contributed by atoms with Crippen LogP contribution >= 0.6 is 11.3 Å². The predicted octanol–water partition coefficient (Wildman–Crippen LogP) is 1.96. The van der Waals surface area contributed by atoms with Crippen molar-refractivity contribution >= 4 is 22.7 Å². The molecule has 0 aliphatic rings. The zero-order valence-corrected chi connectivity index (χ0v) is 9.31. The molecule has 0 radical (unpaired) electrons. The average molecular weight is 230 g/mol. The van der Waals surface area contributed by atoms with Gasteiger partial charge in [0.05, 0.1) is 0 Å². The van der Waals surface area contributed by atoms with Gasteiger partial charge in [0.15, 0.2) is 11.6 Å². The second-order valence-corrected chi connectivity index (χ2v) is 4.54. The molecule has 2 N–H and O–H groups in total. The summed E-state index contributed by atoms with van der Waals surface area (Å²) in [6.07, 6.45) is 2.61.